The summed E-state index contributed by atoms with van der Waals surface area (Å²) < 4.78 is 0. The summed E-state index contributed by atoms with van der Waals surface area (Å²) in [6.45, 7) is 6.39. The molecular weight excluding hydrogens is 262 g/mol. The Labute approximate surface area is 118 Å². The molecule has 2 atom stereocenters. The normalized spacial score (nSPS) is 20.8. The van der Waals surface area contributed by atoms with Crippen molar-refractivity contribution in [2.75, 3.05) is 19.6 Å². The largest absolute Gasteiger partial charge is 0.481 e. The summed E-state index contributed by atoms with van der Waals surface area (Å²) in [6.07, 6.45) is 2.87. The SMILES string of the molecule is C=CCNC(=O)NC(=O)C(C)N1CCCC(C(=O)O)C1. The molecule has 3 amide bonds. The Morgan fingerprint density at radius 2 is 2.20 bits per heavy atom. The number of urea groups is 1. The molecule has 0 aliphatic carbocycles. The molecule has 1 saturated heterocycles. The Balaban J connectivity index is 2.49. The molecule has 0 radical (unpaired) electrons. The molecule has 7 nitrogen and oxygen atoms in total. The van der Waals surface area contributed by atoms with Gasteiger partial charge in [-0.2, -0.15) is 0 Å². The lowest BCUT2D eigenvalue weighted by Gasteiger charge is -2.34. The summed E-state index contributed by atoms with van der Waals surface area (Å²) in [7, 11) is 0. The van der Waals surface area contributed by atoms with Gasteiger partial charge in [0, 0.05) is 13.1 Å². The maximum Gasteiger partial charge on any atom is 0.321 e. The number of amides is 3. The van der Waals surface area contributed by atoms with E-state index in [-0.39, 0.29) is 6.54 Å². The lowest BCUT2D eigenvalue weighted by atomic mass is 9.97. The third-order valence-electron chi connectivity index (χ3n) is 3.37. The predicted molar refractivity (Wildman–Crippen MR) is 73.1 cm³/mol. The van der Waals surface area contributed by atoms with Gasteiger partial charge < -0.3 is 10.4 Å². The zero-order valence-corrected chi connectivity index (χ0v) is 11.6. The number of carbonyl (C=O) groups excluding carboxylic acids is 2. The molecule has 1 aliphatic rings. The van der Waals surface area contributed by atoms with E-state index in [9.17, 15) is 14.4 Å². The minimum Gasteiger partial charge on any atom is -0.481 e. The van der Waals surface area contributed by atoms with Crippen LogP contribution < -0.4 is 10.6 Å². The number of piperidine rings is 1. The second kappa shape index (κ2) is 7.64. The predicted octanol–water partition coefficient (Wildman–Crippen LogP) is 0.183. The number of likely N-dealkylation sites (tertiary alicyclic amines) is 1. The molecule has 0 spiro atoms. The van der Waals surface area contributed by atoms with Gasteiger partial charge in [-0.15, -0.1) is 6.58 Å². The molecule has 0 saturated carbocycles. The minimum atomic E-state index is -0.842. The number of imide groups is 1. The molecule has 7 heteroatoms. The lowest BCUT2D eigenvalue weighted by molar-refractivity contribution is -0.144. The minimum absolute atomic E-state index is 0.276. The highest BCUT2D eigenvalue weighted by Gasteiger charge is 2.31. The Morgan fingerprint density at radius 3 is 2.80 bits per heavy atom. The van der Waals surface area contributed by atoms with Gasteiger partial charge in [-0.05, 0) is 26.3 Å². The van der Waals surface area contributed by atoms with Gasteiger partial charge in [-0.3, -0.25) is 19.8 Å². The number of carboxylic acids is 1. The first-order chi connectivity index (χ1) is 9.45. The van der Waals surface area contributed by atoms with Crippen LogP contribution in [-0.4, -0.2) is 53.6 Å². The first kappa shape index (κ1) is 16.2. The van der Waals surface area contributed by atoms with Gasteiger partial charge in [0.2, 0.25) is 5.91 Å². The fourth-order valence-electron chi connectivity index (χ4n) is 2.15. The van der Waals surface area contributed by atoms with Crippen molar-refractivity contribution in [1.29, 1.82) is 0 Å². The van der Waals surface area contributed by atoms with Crippen molar-refractivity contribution in [1.82, 2.24) is 15.5 Å². The number of hydrogen-bond acceptors (Lipinski definition) is 4. The summed E-state index contributed by atoms with van der Waals surface area (Å²) in [6, 6.07) is -1.11. The fraction of sp³-hybridized carbons (Fsp3) is 0.615. The van der Waals surface area contributed by atoms with Gasteiger partial charge >= 0.3 is 12.0 Å². The molecule has 0 aromatic carbocycles. The zero-order chi connectivity index (χ0) is 15.1. The number of rotatable bonds is 5. The quantitative estimate of drug-likeness (QED) is 0.625. The molecule has 1 fully saturated rings. The third kappa shape index (κ3) is 4.65. The van der Waals surface area contributed by atoms with Crippen LogP contribution in [0.25, 0.3) is 0 Å². The molecule has 0 bridgehead atoms. The number of carbonyl (C=O) groups is 3. The average Bonchev–Trinajstić information content (AvgIpc) is 2.44. The van der Waals surface area contributed by atoms with E-state index >= 15 is 0 Å². The maximum absolute atomic E-state index is 11.9. The van der Waals surface area contributed by atoms with Crippen LogP contribution in [0.4, 0.5) is 4.79 Å². The first-order valence-corrected chi connectivity index (χ1v) is 6.62. The highest BCUT2D eigenvalue weighted by molar-refractivity contribution is 5.96. The van der Waals surface area contributed by atoms with Crippen molar-refractivity contribution >= 4 is 17.9 Å². The molecule has 20 heavy (non-hydrogen) atoms. The van der Waals surface area contributed by atoms with E-state index in [2.05, 4.69) is 17.2 Å². The topological polar surface area (TPSA) is 98.7 Å². The van der Waals surface area contributed by atoms with Gasteiger partial charge in [-0.1, -0.05) is 6.08 Å². The number of aliphatic carboxylic acids is 1. The molecule has 3 N–H and O–H groups in total. The van der Waals surface area contributed by atoms with Crippen molar-refractivity contribution in [2.45, 2.75) is 25.8 Å². The van der Waals surface area contributed by atoms with Crippen molar-refractivity contribution in [3.8, 4) is 0 Å². The van der Waals surface area contributed by atoms with Gasteiger partial charge in [0.1, 0.15) is 0 Å². The maximum atomic E-state index is 11.9. The number of nitrogens with one attached hydrogen (secondary N) is 2. The van der Waals surface area contributed by atoms with Gasteiger partial charge in [-0.25, -0.2) is 4.79 Å². The van der Waals surface area contributed by atoms with Crippen LogP contribution in [-0.2, 0) is 9.59 Å². The Morgan fingerprint density at radius 1 is 1.50 bits per heavy atom. The van der Waals surface area contributed by atoms with Crippen molar-refractivity contribution in [2.24, 2.45) is 5.92 Å². The second-order valence-electron chi connectivity index (χ2n) is 4.84. The van der Waals surface area contributed by atoms with E-state index in [0.29, 0.717) is 19.5 Å². The lowest BCUT2D eigenvalue weighted by Crippen LogP contribution is -2.52. The molecule has 1 aliphatic heterocycles. The van der Waals surface area contributed by atoms with Crippen LogP contribution in [0.5, 0.6) is 0 Å². The molecule has 0 aromatic heterocycles. The molecular formula is C13H21N3O4. The van der Waals surface area contributed by atoms with E-state index in [1.54, 1.807) is 11.8 Å². The van der Waals surface area contributed by atoms with Crippen molar-refractivity contribution < 1.29 is 19.5 Å². The summed E-state index contributed by atoms with van der Waals surface area (Å²) >= 11 is 0. The summed E-state index contributed by atoms with van der Waals surface area (Å²) in [5, 5.41) is 13.7. The monoisotopic (exact) mass is 283 g/mol. The Hall–Kier alpha value is -1.89. The zero-order valence-electron chi connectivity index (χ0n) is 11.6. The summed E-state index contributed by atoms with van der Waals surface area (Å²) in [5.41, 5.74) is 0. The second-order valence-corrected chi connectivity index (χ2v) is 4.84. The Bertz CT molecular complexity index is 397. The van der Waals surface area contributed by atoms with E-state index in [4.69, 9.17) is 5.11 Å². The van der Waals surface area contributed by atoms with E-state index in [1.165, 1.54) is 6.08 Å². The Kier molecular flexibility index (Phi) is 6.17. The van der Waals surface area contributed by atoms with Crippen LogP contribution in [0.2, 0.25) is 0 Å². The molecule has 1 rings (SSSR count). The molecule has 112 valence electrons. The average molecular weight is 283 g/mol. The number of hydrogen-bond donors (Lipinski definition) is 3. The van der Waals surface area contributed by atoms with E-state index < -0.39 is 29.9 Å². The van der Waals surface area contributed by atoms with Crippen LogP contribution in [0.15, 0.2) is 12.7 Å². The smallest absolute Gasteiger partial charge is 0.321 e. The van der Waals surface area contributed by atoms with Crippen LogP contribution >= 0.6 is 0 Å². The van der Waals surface area contributed by atoms with Crippen molar-refractivity contribution in [3.05, 3.63) is 12.7 Å². The molecule has 1 heterocycles. The van der Waals surface area contributed by atoms with Gasteiger partial charge in [0.25, 0.3) is 0 Å². The fourth-order valence-corrected chi connectivity index (χ4v) is 2.15. The third-order valence-corrected chi connectivity index (χ3v) is 3.37. The summed E-state index contributed by atoms with van der Waals surface area (Å²) in [5.74, 6) is -1.72. The van der Waals surface area contributed by atoms with E-state index in [1.807, 2.05) is 0 Å². The standard InChI is InChI=1S/C13H21N3O4/c1-3-6-14-13(20)15-11(17)9(2)16-7-4-5-10(8-16)12(18)19/h3,9-10H,1,4-8H2,2H3,(H,18,19)(H2,14,15,17,20). The van der Waals surface area contributed by atoms with Gasteiger partial charge in [0.05, 0.1) is 12.0 Å². The summed E-state index contributed by atoms with van der Waals surface area (Å²) in [4.78, 5) is 36.1. The van der Waals surface area contributed by atoms with Crippen LogP contribution in [0.3, 0.4) is 0 Å². The highest BCUT2D eigenvalue weighted by Crippen LogP contribution is 2.18. The van der Waals surface area contributed by atoms with Crippen LogP contribution in [0.1, 0.15) is 19.8 Å². The molecule has 2 unspecified atom stereocenters. The van der Waals surface area contributed by atoms with Crippen molar-refractivity contribution in [3.63, 3.8) is 0 Å². The van der Waals surface area contributed by atoms with Gasteiger partial charge in [0.15, 0.2) is 0 Å². The molecule has 0 aromatic rings. The number of nitrogens with zero attached hydrogens (tertiary/aromatic N) is 1. The van der Waals surface area contributed by atoms with Crippen LogP contribution in [0, 0.1) is 5.92 Å². The van der Waals surface area contributed by atoms with E-state index in [0.717, 1.165) is 6.42 Å². The first-order valence-electron chi connectivity index (χ1n) is 6.62. The highest BCUT2D eigenvalue weighted by atomic mass is 16.4. The number of carboxylic acid groups (broad SMARTS) is 1.